The van der Waals surface area contributed by atoms with Crippen LogP contribution in [0.2, 0.25) is 0 Å². The summed E-state index contributed by atoms with van der Waals surface area (Å²) in [5.74, 6) is 0.363. The molecule has 0 radical (unpaired) electrons. The largest absolute Gasteiger partial charge is 0.296 e. The van der Waals surface area contributed by atoms with Gasteiger partial charge in [0.25, 0.3) is 0 Å². The molecule has 6 rings (SSSR count). The number of benzene rings is 5. The van der Waals surface area contributed by atoms with E-state index in [1.54, 1.807) is 0 Å². The minimum Gasteiger partial charge on any atom is -0.296 e. The summed E-state index contributed by atoms with van der Waals surface area (Å²) in [4.78, 5) is 4.31. The first-order valence-corrected chi connectivity index (χ1v) is 13.3. The molecule has 0 bridgehead atoms. The van der Waals surface area contributed by atoms with Gasteiger partial charge in [-0.1, -0.05) is 127 Å². The molecule has 0 N–H and O–H groups in total. The van der Waals surface area contributed by atoms with Gasteiger partial charge in [-0.25, -0.2) is 0 Å². The van der Waals surface area contributed by atoms with Crippen molar-refractivity contribution >= 4 is 44.1 Å². The topological polar surface area (TPSA) is 12.4 Å². The first-order valence-electron chi connectivity index (χ1n) is 13.3. The third-order valence-electron chi connectivity index (χ3n) is 7.70. The third kappa shape index (κ3) is 4.01. The van der Waals surface area contributed by atoms with Gasteiger partial charge in [0, 0.05) is 24.8 Å². The van der Waals surface area contributed by atoms with Crippen LogP contribution in [0, 0.1) is 0 Å². The van der Waals surface area contributed by atoms with Crippen LogP contribution in [0.25, 0.3) is 49.0 Å². The van der Waals surface area contributed by atoms with E-state index in [2.05, 4.69) is 122 Å². The van der Waals surface area contributed by atoms with Crippen LogP contribution in [0.1, 0.15) is 30.4 Å². The van der Waals surface area contributed by atoms with Gasteiger partial charge in [0.05, 0.1) is 0 Å². The molecule has 0 spiro atoms. The Bertz CT molecular complexity index is 1770. The number of fused-ring (bicyclic) bond motifs is 3. The zero-order valence-electron chi connectivity index (χ0n) is 22.0. The van der Waals surface area contributed by atoms with Gasteiger partial charge in [0.1, 0.15) is 0 Å². The number of nitrogens with zero attached hydrogens (tertiary/aromatic N) is 1. The predicted octanol–water partition coefficient (Wildman–Crippen LogP) is 10.1. The van der Waals surface area contributed by atoms with E-state index in [1.807, 2.05) is 25.4 Å². The van der Waals surface area contributed by atoms with E-state index >= 15 is 0 Å². The van der Waals surface area contributed by atoms with Crippen LogP contribution in [0.4, 0.5) is 0 Å². The predicted molar refractivity (Wildman–Crippen MR) is 167 cm³/mol. The molecule has 1 unspecified atom stereocenters. The molecule has 0 saturated heterocycles. The van der Waals surface area contributed by atoms with Gasteiger partial charge in [-0.3, -0.25) is 4.99 Å². The van der Waals surface area contributed by atoms with Gasteiger partial charge in [0.2, 0.25) is 0 Å². The monoisotopic (exact) mass is 489 g/mol. The summed E-state index contributed by atoms with van der Waals surface area (Å²) >= 11 is 0. The summed E-state index contributed by atoms with van der Waals surface area (Å²) in [7, 11) is 1.81. The van der Waals surface area contributed by atoms with Crippen molar-refractivity contribution in [2.24, 2.45) is 4.99 Å². The maximum Gasteiger partial charge on any atom is 0.0287 e. The minimum absolute atomic E-state index is 0.363. The number of aliphatic imine (C=N–C) groups is 1. The lowest BCUT2D eigenvalue weighted by Crippen LogP contribution is -2.02. The van der Waals surface area contributed by atoms with Crippen molar-refractivity contribution in [3.8, 4) is 11.1 Å². The summed E-state index contributed by atoms with van der Waals surface area (Å²) in [6.07, 6.45) is 13.8. The molecule has 0 aliphatic heterocycles. The fourth-order valence-corrected chi connectivity index (χ4v) is 6.04. The van der Waals surface area contributed by atoms with Gasteiger partial charge in [-0.05, 0) is 67.9 Å². The van der Waals surface area contributed by atoms with Crippen molar-refractivity contribution in [3.05, 3.63) is 139 Å². The van der Waals surface area contributed by atoms with Crippen LogP contribution in [-0.4, -0.2) is 13.3 Å². The highest BCUT2D eigenvalue weighted by molar-refractivity contribution is 6.21. The van der Waals surface area contributed by atoms with E-state index in [0.717, 1.165) is 17.6 Å². The van der Waals surface area contributed by atoms with E-state index < -0.39 is 0 Å². The lowest BCUT2D eigenvalue weighted by atomic mass is 9.80. The smallest absolute Gasteiger partial charge is 0.0287 e. The van der Waals surface area contributed by atoms with Crippen LogP contribution in [-0.2, 0) is 0 Å². The maximum atomic E-state index is 4.31. The van der Waals surface area contributed by atoms with E-state index in [0.29, 0.717) is 5.92 Å². The standard InChI is InChI=1S/C37H31N/c1-4-11-27(24-38-3)28-16-9-18-30-29(28)17-10-19-31(30)37-34-14-7-5-12-32(34)36(26-22-20-25(2)21-23-26)33-13-6-8-15-35(33)37/h4-22,24,26H,1,23H2,2-3H3/b27-11+,38-24-. The van der Waals surface area contributed by atoms with Gasteiger partial charge < -0.3 is 0 Å². The summed E-state index contributed by atoms with van der Waals surface area (Å²) in [6, 6.07) is 31.1. The highest BCUT2D eigenvalue weighted by Gasteiger charge is 2.21. The van der Waals surface area contributed by atoms with Crippen LogP contribution in [0.15, 0.2) is 132 Å². The molecule has 1 heteroatoms. The molecule has 0 heterocycles. The van der Waals surface area contributed by atoms with E-state index in [1.165, 1.54) is 54.6 Å². The molecule has 0 amide bonds. The molecule has 0 fully saturated rings. The summed E-state index contributed by atoms with van der Waals surface area (Å²) < 4.78 is 0. The fraction of sp³-hybridized carbons (Fsp3) is 0.108. The van der Waals surface area contributed by atoms with Crippen molar-refractivity contribution < 1.29 is 0 Å². The molecule has 1 aliphatic rings. The lowest BCUT2D eigenvalue weighted by molar-refractivity contribution is 0.860. The molecular formula is C37H31N. The van der Waals surface area contributed by atoms with Gasteiger partial charge >= 0.3 is 0 Å². The second-order valence-electron chi connectivity index (χ2n) is 9.98. The molecule has 1 atom stereocenters. The summed E-state index contributed by atoms with van der Waals surface area (Å²) in [6.45, 7) is 6.11. The third-order valence-corrected chi connectivity index (χ3v) is 7.70. The number of rotatable bonds is 5. The number of hydrogen-bond acceptors (Lipinski definition) is 1. The Kier molecular flexibility index (Phi) is 6.35. The molecule has 38 heavy (non-hydrogen) atoms. The Hall–Kier alpha value is -4.49. The minimum atomic E-state index is 0.363. The zero-order valence-corrected chi connectivity index (χ0v) is 22.0. The van der Waals surface area contributed by atoms with Crippen LogP contribution in [0.3, 0.4) is 0 Å². The Labute approximate surface area is 224 Å². The quantitative estimate of drug-likeness (QED) is 0.132. The Balaban J connectivity index is 1.70. The second-order valence-corrected chi connectivity index (χ2v) is 9.98. The number of allylic oxidation sites excluding steroid dienone is 7. The van der Waals surface area contributed by atoms with E-state index in [9.17, 15) is 0 Å². The van der Waals surface area contributed by atoms with Crippen LogP contribution >= 0.6 is 0 Å². The van der Waals surface area contributed by atoms with Gasteiger partial charge in [-0.2, -0.15) is 0 Å². The molecule has 1 aliphatic carbocycles. The van der Waals surface area contributed by atoms with Gasteiger partial charge in [-0.15, -0.1) is 0 Å². The lowest BCUT2D eigenvalue weighted by Gasteiger charge is -2.23. The molecule has 0 aromatic heterocycles. The van der Waals surface area contributed by atoms with Crippen LogP contribution < -0.4 is 0 Å². The Morgan fingerprint density at radius 2 is 1.42 bits per heavy atom. The van der Waals surface area contributed by atoms with Crippen molar-refractivity contribution in [3.63, 3.8) is 0 Å². The zero-order chi connectivity index (χ0) is 26.1. The normalized spacial score (nSPS) is 16.0. The molecular weight excluding hydrogens is 458 g/mol. The van der Waals surface area contributed by atoms with Gasteiger partial charge in [0.15, 0.2) is 0 Å². The average Bonchev–Trinajstić information content (AvgIpc) is 2.96. The number of hydrogen-bond donors (Lipinski definition) is 0. The van der Waals surface area contributed by atoms with Crippen molar-refractivity contribution in [2.45, 2.75) is 19.3 Å². The molecule has 184 valence electrons. The SMILES string of the molecule is C=C/C=C(\C=N/C)c1cccc2c(-c3c4ccccc4c(C4C=CC(C)=CC4)c4ccccc34)cccc12. The molecule has 0 saturated carbocycles. The Morgan fingerprint density at radius 3 is 2.05 bits per heavy atom. The fourth-order valence-electron chi connectivity index (χ4n) is 6.04. The van der Waals surface area contributed by atoms with Crippen molar-refractivity contribution in [1.82, 2.24) is 0 Å². The Morgan fingerprint density at radius 1 is 0.789 bits per heavy atom. The molecule has 1 nitrogen and oxygen atoms in total. The van der Waals surface area contributed by atoms with E-state index in [4.69, 9.17) is 0 Å². The summed E-state index contributed by atoms with van der Waals surface area (Å²) in [5, 5.41) is 7.73. The van der Waals surface area contributed by atoms with Crippen LogP contribution in [0.5, 0.6) is 0 Å². The highest BCUT2D eigenvalue weighted by atomic mass is 14.6. The first-order chi connectivity index (χ1) is 18.7. The second kappa shape index (κ2) is 10.1. The summed E-state index contributed by atoms with van der Waals surface area (Å²) in [5.41, 5.74) is 7.54. The molecule has 5 aromatic carbocycles. The molecule has 5 aromatic rings. The maximum absolute atomic E-state index is 4.31. The van der Waals surface area contributed by atoms with E-state index in [-0.39, 0.29) is 0 Å². The first kappa shape index (κ1) is 23.9. The average molecular weight is 490 g/mol. The van der Waals surface area contributed by atoms with Crippen molar-refractivity contribution in [2.75, 3.05) is 7.05 Å². The highest BCUT2D eigenvalue weighted by Crippen LogP contribution is 2.45. The van der Waals surface area contributed by atoms with Crippen molar-refractivity contribution in [1.29, 1.82) is 0 Å².